The van der Waals surface area contributed by atoms with Crippen molar-refractivity contribution in [3.05, 3.63) is 158 Å². The molecule has 46 heavy (non-hydrogen) atoms. The van der Waals surface area contributed by atoms with Crippen molar-refractivity contribution >= 4 is 92.3 Å². The molecule has 0 radical (unpaired) electrons. The monoisotopic (exact) mass is 606 g/mol. The minimum Gasteiger partial charge on any atom is -0.456 e. The normalized spacial score (nSPS) is 11.9. The lowest BCUT2D eigenvalue weighted by Gasteiger charge is -2.27. The van der Waals surface area contributed by atoms with Crippen molar-refractivity contribution in [3.8, 4) is 5.69 Å². The van der Waals surface area contributed by atoms with Gasteiger partial charge in [-0.25, -0.2) is 0 Å². The maximum Gasteiger partial charge on any atom is 0.137 e. The first-order chi connectivity index (χ1) is 22.8. The van der Waals surface area contributed by atoms with Crippen molar-refractivity contribution in [1.29, 1.82) is 0 Å². The van der Waals surface area contributed by atoms with Crippen LogP contribution in [0.2, 0.25) is 0 Å². The number of rotatable bonds is 4. The maximum atomic E-state index is 6.42. The van der Waals surface area contributed by atoms with E-state index in [4.69, 9.17) is 4.42 Å². The van der Waals surface area contributed by atoms with Crippen LogP contribution in [-0.4, -0.2) is 4.57 Å². The van der Waals surface area contributed by atoms with Gasteiger partial charge in [0.25, 0.3) is 0 Å². The molecule has 216 valence electrons. The summed E-state index contributed by atoms with van der Waals surface area (Å²) in [7, 11) is 0. The smallest absolute Gasteiger partial charge is 0.137 e. The van der Waals surface area contributed by atoms with Crippen LogP contribution in [0.5, 0.6) is 0 Å². The van der Waals surface area contributed by atoms with E-state index in [1.165, 1.54) is 42.0 Å². The number of furan rings is 1. The van der Waals surface area contributed by atoms with E-state index >= 15 is 0 Å². The zero-order valence-corrected chi connectivity index (χ0v) is 25.5. The molecule has 0 atom stereocenters. The minimum atomic E-state index is 0.880. The molecule has 10 rings (SSSR count). The van der Waals surface area contributed by atoms with Gasteiger partial charge < -0.3 is 13.9 Å². The summed E-state index contributed by atoms with van der Waals surface area (Å²) in [6.45, 7) is 0. The highest BCUT2D eigenvalue weighted by Gasteiger charge is 2.21. The van der Waals surface area contributed by atoms with Crippen LogP contribution < -0.4 is 4.90 Å². The third-order valence-electron chi connectivity index (χ3n) is 9.17. The molecule has 0 amide bonds. The van der Waals surface area contributed by atoms with Crippen LogP contribution in [0.15, 0.2) is 162 Å². The summed E-state index contributed by atoms with van der Waals surface area (Å²) in [6, 6.07) is 56.5. The predicted octanol–water partition coefficient (Wildman–Crippen LogP) is 12.5. The molecule has 0 aliphatic carbocycles. The van der Waals surface area contributed by atoms with Gasteiger partial charge in [-0.05, 0) is 66.7 Å². The Hall–Kier alpha value is -5.84. The lowest BCUT2D eigenvalue weighted by atomic mass is 10.1. The van der Waals surface area contributed by atoms with Crippen molar-refractivity contribution in [2.75, 3.05) is 4.90 Å². The number of hydrogen-bond donors (Lipinski definition) is 0. The van der Waals surface area contributed by atoms with Crippen LogP contribution in [0.1, 0.15) is 0 Å². The van der Waals surface area contributed by atoms with E-state index in [9.17, 15) is 0 Å². The Kier molecular flexibility index (Phi) is 5.45. The molecule has 0 saturated carbocycles. The summed E-state index contributed by atoms with van der Waals surface area (Å²) in [5.41, 5.74) is 8.58. The van der Waals surface area contributed by atoms with Gasteiger partial charge in [-0.1, -0.05) is 84.9 Å². The first-order valence-corrected chi connectivity index (χ1v) is 16.3. The van der Waals surface area contributed by atoms with E-state index < -0.39 is 0 Å². The standard InChI is InChI=1S/C42H26N2OS/c1-2-11-27(12-3-1)44-35-16-7-4-13-30(35)31-23-21-28(25-37(31)44)43(29-22-24-33-32-14-5-8-18-38(32)45-39(33)26-29)36-17-10-20-41-42(36)34-15-6-9-19-40(34)46-41/h1-26H. The lowest BCUT2D eigenvalue weighted by molar-refractivity contribution is 0.669. The Bertz CT molecular complexity index is 2770. The van der Waals surface area contributed by atoms with E-state index in [2.05, 4.69) is 155 Å². The molecule has 3 aromatic heterocycles. The quantitative estimate of drug-likeness (QED) is 0.199. The largest absolute Gasteiger partial charge is 0.456 e. The van der Waals surface area contributed by atoms with Crippen molar-refractivity contribution in [2.45, 2.75) is 0 Å². The zero-order valence-electron chi connectivity index (χ0n) is 24.7. The van der Waals surface area contributed by atoms with E-state index in [0.29, 0.717) is 0 Å². The fraction of sp³-hybridized carbons (Fsp3) is 0. The molecule has 3 nitrogen and oxygen atoms in total. The second kappa shape index (κ2) is 9.83. The molecular weight excluding hydrogens is 581 g/mol. The molecule has 10 aromatic rings. The highest BCUT2D eigenvalue weighted by atomic mass is 32.1. The third kappa shape index (κ3) is 3.71. The van der Waals surface area contributed by atoms with Gasteiger partial charge in [-0.2, -0.15) is 0 Å². The van der Waals surface area contributed by atoms with E-state index in [1.54, 1.807) is 0 Å². The second-order valence-electron chi connectivity index (χ2n) is 11.8. The highest BCUT2D eigenvalue weighted by molar-refractivity contribution is 7.26. The fourth-order valence-corrected chi connectivity index (χ4v) is 8.30. The first kappa shape index (κ1) is 25.5. The Morgan fingerprint density at radius 1 is 0.457 bits per heavy atom. The molecule has 0 fully saturated rings. The average molecular weight is 607 g/mol. The van der Waals surface area contributed by atoms with Crippen LogP contribution in [0, 0.1) is 0 Å². The first-order valence-electron chi connectivity index (χ1n) is 15.5. The summed E-state index contributed by atoms with van der Waals surface area (Å²) < 4.78 is 11.4. The molecule has 7 aromatic carbocycles. The summed E-state index contributed by atoms with van der Waals surface area (Å²) in [6.07, 6.45) is 0. The van der Waals surface area contributed by atoms with Crippen LogP contribution in [-0.2, 0) is 0 Å². The van der Waals surface area contributed by atoms with Gasteiger partial charge in [0.05, 0.1) is 16.7 Å². The van der Waals surface area contributed by atoms with Gasteiger partial charge in [0, 0.05) is 64.8 Å². The molecule has 0 unspecified atom stereocenters. The second-order valence-corrected chi connectivity index (χ2v) is 12.8. The predicted molar refractivity (Wildman–Crippen MR) is 196 cm³/mol. The van der Waals surface area contributed by atoms with Gasteiger partial charge in [0.15, 0.2) is 0 Å². The average Bonchev–Trinajstić information content (AvgIpc) is 3.78. The van der Waals surface area contributed by atoms with Gasteiger partial charge >= 0.3 is 0 Å². The maximum absolute atomic E-state index is 6.42. The van der Waals surface area contributed by atoms with Crippen molar-refractivity contribution in [3.63, 3.8) is 0 Å². The Morgan fingerprint density at radius 2 is 1.11 bits per heavy atom. The van der Waals surface area contributed by atoms with Crippen molar-refractivity contribution in [2.24, 2.45) is 0 Å². The number of nitrogens with zero attached hydrogens (tertiary/aromatic N) is 2. The van der Waals surface area contributed by atoms with Gasteiger partial charge in [-0.3, -0.25) is 0 Å². The van der Waals surface area contributed by atoms with Gasteiger partial charge in [0.1, 0.15) is 11.2 Å². The summed E-state index contributed by atoms with van der Waals surface area (Å²) in [5, 5.41) is 7.27. The van der Waals surface area contributed by atoms with E-state index in [-0.39, 0.29) is 0 Å². The fourth-order valence-electron chi connectivity index (χ4n) is 7.18. The number of fused-ring (bicyclic) bond motifs is 9. The molecule has 0 N–H and O–H groups in total. The highest BCUT2D eigenvalue weighted by Crippen LogP contribution is 2.46. The Morgan fingerprint density at radius 3 is 2.00 bits per heavy atom. The lowest BCUT2D eigenvalue weighted by Crippen LogP contribution is -2.10. The minimum absolute atomic E-state index is 0.880. The summed E-state index contributed by atoms with van der Waals surface area (Å²) in [4.78, 5) is 2.40. The number of aromatic nitrogens is 1. The number of para-hydroxylation sites is 3. The zero-order chi connectivity index (χ0) is 30.2. The van der Waals surface area contributed by atoms with Crippen LogP contribution >= 0.6 is 11.3 Å². The van der Waals surface area contributed by atoms with Gasteiger partial charge in [-0.15, -0.1) is 11.3 Å². The van der Waals surface area contributed by atoms with Crippen LogP contribution in [0.4, 0.5) is 17.1 Å². The Labute approximate surface area is 268 Å². The van der Waals surface area contributed by atoms with Crippen molar-refractivity contribution in [1.82, 2.24) is 4.57 Å². The number of benzene rings is 7. The van der Waals surface area contributed by atoms with Gasteiger partial charge in [0.2, 0.25) is 0 Å². The van der Waals surface area contributed by atoms with Crippen LogP contribution in [0.25, 0.3) is 69.6 Å². The number of anilines is 3. The SMILES string of the molecule is c1ccc(-n2c3ccccc3c3ccc(N(c4ccc5c(c4)oc4ccccc45)c4cccc5sc6ccccc6c45)cc32)cc1. The molecular formula is C42H26N2OS. The van der Waals surface area contributed by atoms with E-state index in [1.807, 2.05) is 23.5 Å². The molecule has 0 saturated heterocycles. The molecule has 3 heterocycles. The summed E-state index contributed by atoms with van der Waals surface area (Å²) >= 11 is 1.85. The topological polar surface area (TPSA) is 21.3 Å². The third-order valence-corrected chi connectivity index (χ3v) is 10.3. The number of hydrogen-bond acceptors (Lipinski definition) is 3. The molecule has 0 bridgehead atoms. The summed E-state index contributed by atoms with van der Waals surface area (Å²) in [5.74, 6) is 0. The van der Waals surface area contributed by atoms with E-state index in [0.717, 1.165) is 44.7 Å². The molecule has 0 aliphatic rings. The molecule has 0 aliphatic heterocycles. The van der Waals surface area contributed by atoms with Crippen LogP contribution in [0.3, 0.4) is 0 Å². The number of thiophene rings is 1. The Balaban J connectivity index is 1.29. The van der Waals surface area contributed by atoms with Crippen molar-refractivity contribution < 1.29 is 4.42 Å². The molecule has 4 heteroatoms. The molecule has 0 spiro atoms.